The Balaban J connectivity index is 2.58. The predicted molar refractivity (Wildman–Crippen MR) is 62.4 cm³/mol. The number of nitrogens with zero attached hydrogens (tertiary/aromatic N) is 1. The van der Waals surface area contributed by atoms with E-state index in [2.05, 4.69) is 0 Å². The zero-order valence-corrected chi connectivity index (χ0v) is 10.3. The topological polar surface area (TPSA) is 60.8 Å². The quantitative estimate of drug-likeness (QED) is 0.724. The molecule has 4 nitrogen and oxygen atoms in total. The molecule has 2 N–H and O–H groups in total. The van der Waals surface area contributed by atoms with Crippen LogP contribution in [-0.4, -0.2) is 45.8 Å². The Morgan fingerprint density at radius 3 is 2.44 bits per heavy atom. The van der Waals surface area contributed by atoms with Gasteiger partial charge in [-0.15, -0.1) is 0 Å². The summed E-state index contributed by atoms with van der Waals surface area (Å²) in [6.45, 7) is 4.57. The van der Waals surface area contributed by atoms with Crippen LogP contribution in [0.5, 0.6) is 0 Å². The number of aliphatic hydroxyl groups is 1. The van der Waals surface area contributed by atoms with E-state index in [1.807, 2.05) is 18.7 Å². The summed E-state index contributed by atoms with van der Waals surface area (Å²) in [5.41, 5.74) is -0.654. The summed E-state index contributed by atoms with van der Waals surface area (Å²) < 4.78 is 0. The predicted octanol–water partition coefficient (Wildman–Crippen LogP) is 1.48. The molecule has 0 heterocycles. The third-order valence-corrected chi connectivity index (χ3v) is 3.58. The highest BCUT2D eigenvalue weighted by Gasteiger charge is 2.34. The first kappa shape index (κ1) is 13.5. The Morgan fingerprint density at radius 2 is 2.00 bits per heavy atom. The van der Waals surface area contributed by atoms with Gasteiger partial charge in [-0.05, 0) is 26.2 Å². The van der Waals surface area contributed by atoms with E-state index in [4.69, 9.17) is 5.11 Å². The van der Waals surface area contributed by atoms with E-state index in [0.29, 0.717) is 6.54 Å². The lowest BCUT2D eigenvalue weighted by Crippen LogP contribution is -2.47. The summed E-state index contributed by atoms with van der Waals surface area (Å²) in [4.78, 5) is 12.7. The Bertz CT molecular complexity index is 236. The molecule has 0 radical (unpaired) electrons. The molecule has 0 amide bonds. The van der Waals surface area contributed by atoms with E-state index < -0.39 is 11.6 Å². The van der Waals surface area contributed by atoms with Crippen LogP contribution in [0.4, 0.5) is 0 Å². The highest BCUT2D eigenvalue weighted by Crippen LogP contribution is 2.30. The number of carboxylic acids is 1. The van der Waals surface area contributed by atoms with Gasteiger partial charge in [-0.25, -0.2) is 0 Å². The standard InChI is InChI=1S/C12H23NO3/c1-3-10(2)13(8-11(14)15)9-12(16)6-4-5-7-12/h10,16H,3-9H2,1-2H3,(H,14,15). The fourth-order valence-corrected chi connectivity index (χ4v) is 2.37. The summed E-state index contributed by atoms with van der Waals surface area (Å²) in [6, 6.07) is 0.209. The maximum Gasteiger partial charge on any atom is 0.317 e. The molecular weight excluding hydrogens is 206 g/mol. The maximum absolute atomic E-state index is 10.8. The zero-order valence-electron chi connectivity index (χ0n) is 10.3. The minimum Gasteiger partial charge on any atom is -0.480 e. The van der Waals surface area contributed by atoms with Crippen molar-refractivity contribution in [2.45, 2.75) is 57.6 Å². The highest BCUT2D eigenvalue weighted by atomic mass is 16.4. The second-order valence-electron chi connectivity index (χ2n) is 4.99. The van der Waals surface area contributed by atoms with Gasteiger partial charge in [-0.1, -0.05) is 19.8 Å². The number of carboxylic acid groups (broad SMARTS) is 1. The molecule has 16 heavy (non-hydrogen) atoms. The molecule has 1 aliphatic rings. The molecule has 0 spiro atoms. The van der Waals surface area contributed by atoms with Crippen LogP contribution in [-0.2, 0) is 4.79 Å². The first-order valence-electron chi connectivity index (χ1n) is 6.15. The Kier molecular flexibility index (Phi) is 4.74. The molecule has 1 saturated carbocycles. The van der Waals surface area contributed by atoms with E-state index in [9.17, 15) is 9.90 Å². The van der Waals surface area contributed by atoms with Gasteiger partial charge in [-0.2, -0.15) is 0 Å². The monoisotopic (exact) mass is 229 g/mol. The molecule has 0 bridgehead atoms. The summed E-state index contributed by atoms with van der Waals surface area (Å²) in [6.07, 6.45) is 4.62. The van der Waals surface area contributed by atoms with E-state index in [1.165, 1.54) is 0 Å². The average molecular weight is 229 g/mol. The Hall–Kier alpha value is -0.610. The minimum atomic E-state index is -0.818. The van der Waals surface area contributed by atoms with E-state index in [1.54, 1.807) is 0 Å². The highest BCUT2D eigenvalue weighted by molar-refractivity contribution is 5.69. The molecule has 0 aromatic heterocycles. The number of aliphatic carboxylic acids is 1. The van der Waals surface area contributed by atoms with Crippen molar-refractivity contribution in [3.8, 4) is 0 Å². The molecule has 0 aromatic carbocycles. The first-order valence-corrected chi connectivity index (χ1v) is 6.15. The molecule has 0 aromatic rings. The molecule has 1 atom stereocenters. The van der Waals surface area contributed by atoms with Gasteiger partial charge in [0.05, 0.1) is 12.1 Å². The number of carbonyl (C=O) groups is 1. The van der Waals surface area contributed by atoms with Crippen molar-refractivity contribution in [2.75, 3.05) is 13.1 Å². The lowest BCUT2D eigenvalue weighted by Gasteiger charge is -2.34. The van der Waals surface area contributed by atoms with Gasteiger partial charge in [0.2, 0.25) is 0 Å². The van der Waals surface area contributed by atoms with E-state index in [-0.39, 0.29) is 12.6 Å². The van der Waals surface area contributed by atoms with Crippen LogP contribution >= 0.6 is 0 Å². The number of rotatable bonds is 6. The average Bonchev–Trinajstić information content (AvgIpc) is 2.62. The normalized spacial score (nSPS) is 21.2. The van der Waals surface area contributed by atoms with Crippen LogP contribution in [0.25, 0.3) is 0 Å². The SMILES string of the molecule is CCC(C)N(CC(=O)O)CC1(O)CCCC1. The van der Waals surface area contributed by atoms with Crippen molar-refractivity contribution < 1.29 is 15.0 Å². The van der Waals surface area contributed by atoms with Crippen LogP contribution in [0.1, 0.15) is 46.0 Å². The molecule has 0 saturated heterocycles. The molecule has 1 aliphatic carbocycles. The smallest absolute Gasteiger partial charge is 0.317 e. The third kappa shape index (κ3) is 3.76. The maximum atomic E-state index is 10.8. The van der Waals surface area contributed by atoms with Crippen molar-refractivity contribution in [3.05, 3.63) is 0 Å². The number of hydrogen-bond donors (Lipinski definition) is 2. The minimum absolute atomic E-state index is 0.0251. The molecule has 94 valence electrons. The van der Waals surface area contributed by atoms with Crippen LogP contribution in [0.3, 0.4) is 0 Å². The lowest BCUT2D eigenvalue weighted by atomic mass is 10.0. The van der Waals surface area contributed by atoms with Crippen molar-refractivity contribution in [3.63, 3.8) is 0 Å². The van der Waals surface area contributed by atoms with E-state index >= 15 is 0 Å². The van der Waals surface area contributed by atoms with Gasteiger partial charge in [0.1, 0.15) is 0 Å². The van der Waals surface area contributed by atoms with Crippen molar-refractivity contribution in [2.24, 2.45) is 0 Å². The largest absolute Gasteiger partial charge is 0.480 e. The summed E-state index contributed by atoms with van der Waals surface area (Å²) in [5, 5.41) is 19.1. The first-order chi connectivity index (χ1) is 7.47. The van der Waals surface area contributed by atoms with Gasteiger partial charge in [0.15, 0.2) is 0 Å². The van der Waals surface area contributed by atoms with Crippen molar-refractivity contribution in [1.82, 2.24) is 4.90 Å². The summed E-state index contributed by atoms with van der Waals surface area (Å²) >= 11 is 0. The summed E-state index contributed by atoms with van der Waals surface area (Å²) in [7, 11) is 0. The molecule has 1 fully saturated rings. The van der Waals surface area contributed by atoms with Crippen LogP contribution in [0.15, 0.2) is 0 Å². The summed E-state index contributed by atoms with van der Waals surface area (Å²) in [5.74, 6) is -0.818. The molecule has 1 unspecified atom stereocenters. The zero-order chi connectivity index (χ0) is 12.2. The lowest BCUT2D eigenvalue weighted by molar-refractivity contribution is -0.139. The second kappa shape index (κ2) is 5.64. The Morgan fingerprint density at radius 1 is 1.44 bits per heavy atom. The van der Waals surface area contributed by atoms with Crippen molar-refractivity contribution in [1.29, 1.82) is 0 Å². The molecule has 1 rings (SSSR count). The van der Waals surface area contributed by atoms with Gasteiger partial charge < -0.3 is 10.2 Å². The fraction of sp³-hybridized carbons (Fsp3) is 0.917. The van der Waals surface area contributed by atoms with Gasteiger partial charge in [-0.3, -0.25) is 9.69 Å². The van der Waals surface area contributed by atoms with Gasteiger partial charge in [0.25, 0.3) is 0 Å². The molecule has 4 heteroatoms. The van der Waals surface area contributed by atoms with Crippen LogP contribution < -0.4 is 0 Å². The van der Waals surface area contributed by atoms with E-state index in [0.717, 1.165) is 32.1 Å². The van der Waals surface area contributed by atoms with Crippen LogP contribution in [0.2, 0.25) is 0 Å². The Labute approximate surface area is 97.3 Å². The number of hydrogen-bond acceptors (Lipinski definition) is 3. The van der Waals surface area contributed by atoms with Gasteiger partial charge >= 0.3 is 5.97 Å². The fourth-order valence-electron chi connectivity index (χ4n) is 2.37. The third-order valence-electron chi connectivity index (χ3n) is 3.58. The van der Waals surface area contributed by atoms with Crippen LogP contribution in [0, 0.1) is 0 Å². The molecule has 0 aliphatic heterocycles. The second-order valence-corrected chi connectivity index (χ2v) is 4.99. The van der Waals surface area contributed by atoms with Crippen molar-refractivity contribution >= 4 is 5.97 Å². The molecular formula is C12H23NO3. The van der Waals surface area contributed by atoms with Gasteiger partial charge in [0, 0.05) is 12.6 Å².